The first-order valence-electron chi connectivity index (χ1n) is 11.7. The highest BCUT2D eigenvalue weighted by molar-refractivity contribution is 6.23. The van der Waals surface area contributed by atoms with Crippen LogP contribution in [0.1, 0.15) is 23.7 Å². The molecule has 186 valence electrons. The average Bonchev–Trinajstić information content (AvgIpc) is 3.52. The van der Waals surface area contributed by atoms with Crippen molar-refractivity contribution in [3.05, 3.63) is 59.7 Å². The van der Waals surface area contributed by atoms with Crippen molar-refractivity contribution in [1.29, 1.82) is 0 Å². The number of allylic oxidation sites excluding steroid dienone is 2. The van der Waals surface area contributed by atoms with Crippen LogP contribution in [0.5, 0.6) is 11.5 Å². The van der Waals surface area contributed by atoms with Gasteiger partial charge in [0, 0.05) is 6.07 Å². The topological polar surface area (TPSA) is 111 Å². The zero-order chi connectivity index (χ0) is 25.6. The predicted octanol–water partition coefficient (Wildman–Crippen LogP) is 3.20. The molecule has 2 aliphatic carbocycles. The summed E-state index contributed by atoms with van der Waals surface area (Å²) in [4.78, 5) is 52.6. The number of hydrogen-bond donors (Lipinski definition) is 1. The summed E-state index contributed by atoms with van der Waals surface area (Å²) in [6, 6.07) is 11.1. The van der Waals surface area contributed by atoms with E-state index in [4.69, 9.17) is 14.2 Å². The molecule has 3 aliphatic rings. The van der Waals surface area contributed by atoms with Gasteiger partial charge in [-0.25, -0.2) is 9.69 Å². The Morgan fingerprint density at radius 3 is 2.56 bits per heavy atom. The van der Waals surface area contributed by atoms with E-state index >= 15 is 0 Å². The standard InChI is InChI=1S/C27H26N2O7/c1-14-9-16-11-19(14)24-23(16)25(31)29(26(24)32)17-6-4-5-15(10-17)27(33)36-13-22(30)28-20-12-18(34-2)7-8-21(20)35-3/h4-10,12,16,19,23-24H,11,13H2,1-3H3,(H,28,30)/t16-,19+,23-,24+/m0/s1. The summed E-state index contributed by atoms with van der Waals surface area (Å²) in [6.07, 6.45) is 2.96. The summed E-state index contributed by atoms with van der Waals surface area (Å²) in [7, 11) is 2.97. The van der Waals surface area contributed by atoms with Crippen LogP contribution in [-0.4, -0.2) is 44.5 Å². The molecule has 3 amide bonds. The minimum Gasteiger partial charge on any atom is -0.497 e. The average molecular weight is 491 g/mol. The van der Waals surface area contributed by atoms with E-state index in [-0.39, 0.29) is 41.0 Å². The van der Waals surface area contributed by atoms with E-state index in [1.807, 2.05) is 6.92 Å². The van der Waals surface area contributed by atoms with Gasteiger partial charge in [-0.2, -0.15) is 0 Å². The Labute approximate surface area is 208 Å². The van der Waals surface area contributed by atoms with E-state index in [0.717, 1.165) is 6.42 Å². The van der Waals surface area contributed by atoms with Gasteiger partial charge in [-0.15, -0.1) is 0 Å². The van der Waals surface area contributed by atoms with Crippen LogP contribution in [0.3, 0.4) is 0 Å². The van der Waals surface area contributed by atoms with Gasteiger partial charge < -0.3 is 19.5 Å². The number of amides is 3. The highest BCUT2D eigenvalue weighted by Gasteiger charge is 2.60. The Hall–Kier alpha value is -4.14. The summed E-state index contributed by atoms with van der Waals surface area (Å²) >= 11 is 0. The molecule has 1 saturated carbocycles. The summed E-state index contributed by atoms with van der Waals surface area (Å²) in [6.45, 7) is 1.47. The number of rotatable bonds is 7. The van der Waals surface area contributed by atoms with Crippen molar-refractivity contribution >= 4 is 35.1 Å². The van der Waals surface area contributed by atoms with Crippen LogP contribution in [0.25, 0.3) is 0 Å². The van der Waals surface area contributed by atoms with Gasteiger partial charge in [0.05, 0.1) is 43.0 Å². The van der Waals surface area contributed by atoms with Gasteiger partial charge in [-0.05, 0) is 55.5 Å². The lowest BCUT2D eigenvalue weighted by Crippen LogP contribution is -2.33. The maximum atomic E-state index is 13.2. The molecule has 1 heterocycles. The second kappa shape index (κ2) is 9.14. The summed E-state index contributed by atoms with van der Waals surface area (Å²) in [5.41, 5.74) is 2.01. The molecular formula is C27H26N2O7. The molecule has 0 unspecified atom stereocenters. The van der Waals surface area contributed by atoms with E-state index in [1.165, 1.54) is 36.8 Å². The molecular weight excluding hydrogens is 464 g/mol. The van der Waals surface area contributed by atoms with E-state index in [1.54, 1.807) is 30.3 Å². The summed E-state index contributed by atoms with van der Waals surface area (Å²) < 4.78 is 15.6. The third-order valence-electron chi connectivity index (χ3n) is 7.24. The second-order valence-corrected chi connectivity index (χ2v) is 9.22. The molecule has 2 aromatic rings. The van der Waals surface area contributed by atoms with Crippen molar-refractivity contribution in [2.75, 3.05) is 31.0 Å². The van der Waals surface area contributed by atoms with Crippen LogP contribution in [0.2, 0.25) is 0 Å². The molecule has 1 N–H and O–H groups in total. The molecule has 1 saturated heterocycles. The molecule has 0 spiro atoms. The number of benzene rings is 2. The van der Waals surface area contributed by atoms with Crippen molar-refractivity contribution in [1.82, 2.24) is 0 Å². The minimum atomic E-state index is -0.749. The molecule has 9 nitrogen and oxygen atoms in total. The Morgan fingerprint density at radius 2 is 1.81 bits per heavy atom. The van der Waals surface area contributed by atoms with Crippen LogP contribution in [0, 0.1) is 23.7 Å². The number of hydrogen-bond acceptors (Lipinski definition) is 7. The van der Waals surface area contributed by atoms with Gasteiger partial charge in [0.1, 0.15) is 11.5 Å². The molecule has 36 heavy (non-hydrogen) atoms. The zero-order valence-corrected chi connectivity index (χ0v) is 20.1. The van der Waals surface area contributed by atoms with E-state index in [0.29, 0.717) is 22.9 Å². The fourth-order valence-corrected chi connectivity index (χ4v) is 5.61. The highest BCUT2D eigenvalue weighted by atomic mass is 16.5. The number of imide groups is 1. The largest absolute Gasteiger partial charge is 0.497 e. The lowest BCUT2D eigenvalue weighted by atomic mass is 9.82. The third kappa shape index (κ3) is 3.90. The van der Waals surface area contributed by atoms with Crippen LogP contribution in [-0.2, 0) is 19.1 Å². The predicted molar refractivity (Wildman–Crippen MR) is 130 cm³/mol. The first-order valence-corrected chi connectivity index (χ1v) is 11.7. The fraction of sp³-hybridized carbons (Fsp3) is 0.333. The smallest absolute Gasteiger partial charge is 0.338 e. The van der Waals surface area contributed by atoms with Crippen molar-refractivity contribution in [2.45, 2.75) is 13.3 Å². The van der Waals surface area contributed by atoms with E-state index in [2.05, 4.69) is 11.4 Å². The van der Waals surface area contributed by atoms with Crippen molar-refractivity contribution in [3.63, 3.8) is 0 Å². The van der Waals surface area contributed by atoms with Gasteiger partial charge >= 0.3 is 5.97 Å². The molecule has 0 radical (unpaired) electrons. The Morgan fingerprint density at radius 1 is 1.03 bits per heavy atom. The first kappa shape index (κ1) is 23.6. The van der Waals surface area contributed by atoms with Crippen molar-refractivity contribution in [2.24, 2.45) is 23.7 Å². The summed E-state index contributed by atoms with van der Waals surface area (Å²) in [5, 5.41) is 2.63. The van der Waals surface area contributed by atoms with Crippen LogP contribution in [0.4, 0.5) is 11.4 Å². The lowest BCUT2D eigenvalue weighted by molar-refractivity contribution is -0.123. The number of carbonyl (C=O) groups excluding carboxylic acids is 4. The molecule has 0 aromatic heterocycles. The summed E-state index contributed by atoms with van der Waals surface area (Å²) in [5.74, 6) is -1.28. The van der Waals surface area contributed by atoms with Crippen molar-refractivity contribution < 1.29 is 33.4 Å². The zero-order valence-electron chi connectivity index (χ0n) is 20.1. The normalized spacial score (nSPS) is 23.9. The highest BCUT2D eigenvalue weighted by Crippen LogP contribution is 2.55. The van der Waals surface area contributed by atoms with E-state index in [9.17, 15) is 19.2 Å². The van der Waals surface area contributed by atoms with Crippen LogP contribution >= 0.6 is 0 Å². The maximum absolute atomic E-state index is 13.2. The number of carbonyl (C=O) groups is 4. The Kier molecular flexibility index (Phi) is 5.99. The van der Waals surface area contributed by atoms with Gasteiger partial charge in [-0.3, -0.25) is 14.4 Å². The van der Waals surface area contributed by atoms with Crippen LogP contribution < -0.4 is 19.7 Å². The minimum absolute atomic E-state index is 0.0938. The molecule has 4 atom stereocenters. The van der Waals surface area contributed by atoms with Crippen LogP contribution in [0.15, 0.2) is 54.1 Å². The first-order chi connectivity index (χ1) is 17.3. The number of nitrogens with one attached hydrogen (secondary N) is 1. The monoisotopic (exact) mass is 490 g/mol. The number of esters is 1. The Balaban J connectivity index is 1.25. The number of anilines is 2. The SMILES string of the molecule is COc1ccc(OC)c(NC(=O)COC(=O)c2cccc(N3C(=O)[C@@H]4[C@H](C3=O)[C@@H]3C[C@@H]4C=C3C)c2)c1. The lowest BCUT2D eigenvalue weighted by Gasteiger charge is -2.19. The van der Waals surface area contributed by atoms with Gasteiger partial charge in [0.25, 0.3) is 5.91 Å². The Bertz CT molecular complexity index is 1300. The third-order valence-corrected chi connectivity index (χ3v) is 7.24. The molecule has 2 fully saturated rings. The molecule has 1 aliphatic heterocycles. The van der Waals surface area contributed by atoms with Gasteiger partial charge in [-0.1, -0.05) is 17.7 Å². The van der Waals surface area contributed by atoms with Gasteiger partial charge in [0.15, 0.2) is 6.61 Å². The second-order valence-electron chi connectivity index (χ2n) is 9.22. The number of nitrogens with zero attached hydrogens (tertiary/aromatic N) is 1. The molecule has 2 bridgehead atoms. The molecule has 5 rings (SSSR count). The quantitative estimate of drug-likeness (QED) is 0.360. The number of fused-ring (bicyclic) bond motifs is 5. The van der Waals surface area contributed by atoms with E-state index < -0.39 is 18.5 Å². The fourth-order valence-electron chi connectivity index (χ4n) is 5.61. The van der Waals surface area contributed by atoms with Gasteiger partial charge in [0.2, 0.25) is 11.8 Å². The number of ether oxygens (including phenoxy) is 3. The molecule has 2 aromatic carbocycles. The maximum Gasteiger partial charge on any atom is 0.338 e. The number of methoxy groups -OCH3 is 2. The molecule has 9 heteroatoms. The van der Waals surface area contributed by atoms with Crippen molar-refractivity contribution in [3.8, 4) is 11.5 Å².